The van der Waals surface area contributed by atoms with Crippen LogP contribution < -0.4 is 10.9 Å². The molecule has 0 radical (unpaired) electrons. The Morgan fingerprint density at radius 2 is 1.61 bits per heavy atom. The fourth-order valence-electron chi connectivity index (χ4n) is 3.77. The molecule has 0 saturated heterocycles. The van der Waals surface area contributed by atoms with Crippen molar-refractivity contribution < 1.29 is 9.21 Å². The van der Waals surface area contributed by atoms with Crippen LogP contribution in [0.25, 0.3) is 22.2 Å². The van der Waals surface area contributed by atoms with E-state index in [0.717, 1.165) is 22.4 Å². The van der Waals surface area contributed by atoms with Crippen LogP contribution in [0.1, 0.15) is 21.5 Å². The lowest BCUT2D eigenvalue weighted by Crippen LogP contribution is -2.27. The van der Waals surface area contributed by atoms with E-state index in [9.17, 15) is 9.59 Å². The number of rotatable bonds is 6. The number of fused-ring (bicyclic) bond motifs is 1. The zero-order valence-corrected chi connectivity index (χ0v) is 17.8. The molecular formula is C27H21N3O3. The second-order valence-corrected chi connectivity index (χ2v) is 7.72. The Morgan fingerprint density at radius 1 is 0.909 bits per heavy atom. The molecule has 2 heterocycles. The molecular weight excluding hydrogens is 414 g/mol. The molecule has 0 aliphatic rings. The molecule has 3 aromatic carbocycles. The Kier molecular flexibility index (Phi) is 5.55. The van der Waals surface area contributed by atoms with Gasteiger partial charge in [-0.25, -0.2) is 4.79 Å². The van der Waals surface area contributed by atoms with Gasteiger partial charge in [-0.05, 0) is 17.7 Å². The molecule has 0 aliphatic heterocycles. The van der Waals surface area contributed by atoms with Crippen LogP contribution in [0, 0.1) is 0 Å². The molecule has 5 aromatic rings. The molecule has 0 aliphatic carbocycles. The number of hydrogen-bond donors (Lipinski definition) is 1. The zero-order valence-electron chi connectivity index (χ0n) is 17.8. The van der Waals surface area contributed by atoms with Crippen LogP contribution in [0.4, 0.5) is 0 Å². The van der Waals surface area contributed by atoms with Crippen molar-refractivity contribution in [3.8, 4) is 11.3 Å². The van der Waals surface area contributed by atoms with Crippen LogP contribution in [0.2, 0.25) is 0 Å². The lowest BCUT2D eigenvalue weighted by molar-refractivity contribution is 0.0947. The predicted molar refractivity (Wildman–Crippen MR) is 127 cm³/mol. The summed E-state index contributed by atoms with van der Waals surface area (Å²) in [5.41, 5.74) is 3.50. The number of nitrogens with one attached hydrogen (secondary N) is 1. The van der Waals surface area contributed by atoms with Gasteiger partial charge in [-0.3, -0.25) is 9.48 Å². The highest BCUT2D eigenvalue weighted by molar-refractivity contribution is 5.96. The van der Waals surface area contributed by atoms with Crippen molar-refractivity contribution in [2.45, 2.75) is 13.1 Å². The molecule has 6 nitrogen and oxygen atoms in total. The number of benzene rings is 3. The summed E-state index contributed by atoms with van der Waals surface area (Å²) in [4.78, 5) is 25.2. The quantitative estimate of drug-likeness (QED) is 0.395. The summed E-state index contributed by atoms with van der Waals surface area (Å²) in [6.45, 7) is 0.840. The lowest BCUT2D eigenvalue weighted by Gasteiger charge is -2.06. The normalized spacial score (nSPS) is 10.9. The molecule has 6 heteroatoms. The third kappa shape index (κ3) is 4.45. The van der Waals surface area contributed by atoms with Gasteiger partial charge >= 0.3 is 5.63 Å². The van der Waals surface area contributed by atoms with Crippen molar-refractivity contribution in [1.82, 2.24) is 15.1 Å². The van der Waals surface area contributed by atoms with E-state index in [4.69, 9.17) is 9.52 Å². The van der Waals surface area contributed by atoms with Crippen molar-refractivity contribution >= 4 is 16.9 Å². The number of carbonyl (C=O) groups excluding carboxylic acids is 1. The van der Waals surface area contributed by atoms with Crippen LogP contribution >= 0.6 is 0 Å². The van der Waals surface area contributed by atoms with Crippen molar-refractivity contribution in [2.75, 3.05) is 0 Å². The minimum absolute atomic E-state index is 0.0216. The van der Waals surface area contributed by atoms with E-state index in [1.54, 1.807) is 24.3 Å². The molecule has 1 N–H and O–H groups in total. The zero-order chi connectivity index (χ0) is 22.6. The number of hydrogen-bond acceptors (Lipinski definition) is 4. The number of nitrogens with zero attached hydrogens (tertiary/aromatic N) is 2. The molecule has 0 unspecified atom stereocenters. The van der Waals surface area contributed by atoms with E-state index >= 15 is 0 Å². The second-order valence-electron chi connectivity index (χ2n) is 7.72. The van der Waals surface area contributed by atoms with Gasteiger partial charge in [0.1, 0.15) is 11.1 Å². The Labute approximate surface area is 190 Å². The smallest absolute Gasteiger partial charge is 0.349 e. The highest BCUT2D eigenvalue weighted by Gasteiger charge is 2.16. The van der Waals surface area contributed by atoms with Gasteiger partial charge < -0.3 is 9.73 Å². The third-order valence-corrected chi connectivity index (χ3v) is 5.40. The van der Waals surface area contributed by atoms with Crippen molar-refractivity contribution in [1.29, 1.82) is 0 Å². The fourth-order valence-corrected chi connectivity index (χ4v) is 3.77. The first-order valence-electron chi connectivity index (χ1n) is 10.6. The monoisotopic (exact) mass is 435 g/mol. The first-order chi connectivity index (χ1) is 16.2. The van der Waals surface area contributed by atoms with Gasteiger partial charge in [0, 0.05) is 29.3 Å². The summed E-state index contributed by atoms with van der Waals surface area (Å²) >= 11 is 0. The fraction of sp³-hybridized carbons (Fsp3) is 0.0741. The van der Waals surface area contributed by atoms with Crippen molar-refractivity contribution in [3.05, 3.63) is 124 Å². The molecule has 0 spiro atoms. The number of aromatic nitrogens is 2. The molecule has 1 amide bonds. The van der Waals surface area contributed by atoms with Gasteiger partial charge in [0.25, 0.3) is 5.91 Å². The number of amides is 1. The Hall–Kier alpha value is -4.45. The van der Waals surface area contributed by atoms with Gasteiger partial charge in [0.15, 0.2) is 0 Å². The van der Waals surface area contributed by atoms with Crippen LogP contribution in [-0.2, 0) is 13.1 Å². The average molecular weight is 435 g/mol. The van der Waals surface area contributed by atoms with Gasteiger partial charge in [-0.1, -0.05) is 78.9 Å². The number of para-hydroxylation sites is 1. The summed E-state index contributed by atoms with van der Waals surface area (Å²) in [6, 6.07) is 28.6. The highest BCUT2D eigenvalue weighted by Crippen LogP contribution is 2.22. The predicted octanol–water partition coefficient (Wildman–Crippen LogP) is 4.63. The highest BCUT2D eigenvalue weighted by atomic mass is 16.4. The SMILES string of the molecule is O=C(NCc1cn(Cc2ccccc2)nc1-c1ccccc1)c1cc2ccccc2oc1=O. The maximum Gasteiger partial charge on any atom is 0.349 e. The van der Waals surface area contributed by atoms with E-state index in [1.165, 1.54) is 0 Å². The molecule has 0 fully saturated rings. The Bertz CT molecular complexity index is 1470. The maximum atomic E-state index is 12.8. The third-order valence-electron chi connectivity index (χ3n) is 5.40. The molecule has 162 valence electrons. The van der Waals surface area contributed by atoms with Gasteiger partial charge in [-0.15, -0.1) is 0 Å². The van der Waals surface area contributed by atoms with Gasteiger partial charge in [0.2, 0.25) is 0 Å². The molecule has 2 aromatic heterocycles. The minimum Gasteiger partial charge on any atom is -0.422 e. The molecule has 5 rings (SSSR count). The van der Waals surface area contributed by atoms with E-state index < -0.39 is 11.5 Å². The van der Waals surface area contributed by atoms with Gasteiger partial charge in [-0.2, -0.15) is 5.10 Å². The molecule has 0 saturated carbocycles. The Morgan fingerprint density at radius 3 is 2.39 bits per heavy atom. The van der Waals surface area contributed by atoms with E-state index in [-0.39, 0.29) is 12.1 Å². The summed E-state index contributed by atoms with van der Waals surface area (Å²) < 4.78 is 7.16. The van der Waals surface area contributed by atoms with Crippen molar-refractivity contribution in [2.24, 2.45) is 0 Å². The first-order valence-corrected chi connectivity index (χ1v) is 10.6. The topological polar surface area (TPSA) is 77.1 Å². The molecule has 0 atom stereocenters. The van der Waals surface area contributed by atoms with E-state index in [2.05, 4.69) is 5.32 Å². The second kappa shape index (κ2) is 8.96. The average Bonchev–Trinajstić information content (AvgIpc) is 3.25. The Balaban J connectivity index is 1.42. The first kappa shape index (κ1) is 20.5. The summed E-state index contributed by atoms with van der Waals surface area (Å²) in [7, 11) is 0. The minimum atomic E-state index is -0.658. The van der Waals surface area contributed by atoms with Crippen molar-refractivity contribution in [3.63, 3.8) is 0 Å². The summed E-state index contributed by atoms with van der Waals surface area (Å²) in [5, 5.41) is 8.32. The number of carbonyl (C=O) groups is 1. The van der Waals surface area contributed by atoms with E-state index in [0.29, 0.717) is 17.5 Å². The van der Waals surface area contributed by atoms with Crippen LogP contribution in [0.3, 0.4) is 0 Å². The standard InChI is InChI=1S/C27H21N3O3/c31-26(23-15-21-13-7-8-14-24(21)33-27(23)32)28-16-22-18-30(17-19-9-3-1-4-10-19)29-25(22)20-11-5-2-6-12-20/h1-15,18H,16-17H2,(H,28,31). The van der Waals surface area contributed by atoms with Crippen LogP contribution in [0.5, 0.6) is 0 Å². The van der Waals surface area contributed by atoms with E-state index in [1.807, 2.05) is 77.6 Å². The molecule has 0 bridgehead atoms. The van der Waals surface area contributed by atoms with Crippen LogP contribution in [-0.4, -0.2) is 15.7 Å². The maximum absolute atomic E-state index is 12.8. The summed E-state index contributed by atoms with van der Waals surface area (Å²) in [5.74, 6) is -0.482. The lowest BCUT2D eigenvalue weighted by atomic mass is 10.1. The summed E-state index contributed by atoms with van der Waals surface area (Å²) in [6.07, 6.45) is 1.93. The molecule has 33 heavy (non-hydrogen) atoms. The largest absolute Gasteiger partial charge is 0.422 e. The van der Waals surface area contributed by atoms with Crippen LogP contribution in [0.15, 0.2) is 106 Å². The van der Waals surface area contributed by atoms with Gasteiger partial charge in [0.05, 0.1) is 12.2 Å².